The van der Waals surface area contributed by atoms with E-state index in [9.17, 15) is 4.79 Å². The van der Waals surface area contributed by atoms with Gasteiger partial charge in [-0.2, -0.15) is 0 Å². The van der Waals surface area contributed by atoms with Gasteiger partial charge in [0.2, 0.25) is 0 Å². The third-order valence-corrected chi connectivity index (χ3v) is 7.06. The van der Waals surface area contributed by atoms with Crippen molar-refractivity contribution < 1.29 is 14.3 Å². The van der Waals surface area contributed by atoms with Crippen LogP contribution in [-0.4, -0.2) is 23.4 Å². The summed E-state index contributed by atoms with van der Waals surface area (Å²) in [4.78, 5) is 14.6. The van der Waals surface area contributed by atoms with Gasteiger partial charge < -0.3 is 13.9 Å². The van der Waals surface area contributed by atoms with Gasteiger partial charge >= 0.3 is 0 Å². The summed E-state index contributed by atoms with van der Waals surface area (Å²) in [6.07, 6.45) is 6.36. The molecular weight excluding hydrogens is 406 g/mol. The molecule has 0 aliphatic heterocycles. The summed E-state index contributed by atoms with van der Waals surface area (Å²) in [5.41, 5.74) is 2.94. The number of benzene rings is 1. The number of carbonyl (C=O) groups is 1. The molecule has 4 nitrogen and oxygen atoms in total. The van der Waals surface area contributed by atoms with Gasteiger partial charge in [0, 0.05) is 27.9 Å². The van der Waals surface area contributed by atoms with E-state index in [4.69, 9.17) is 9.47 Å². The van der Waals surface area contributed by atoms with Crippen LogP contribution < -0.4 is 9.47 Å². The number of Topliss-reactive ketones (excluding diaryl/α,β-unsaturated/α-hetero) is 1. The van der Waals surface area contributed by atoms with Gasteiger partial charge in [0.25, 0.3) is 0 Å². The van der Waals surface area contributed by atoms with Crippen LogP contribution in [0.1, 0.15) is 50.0 Å². The van der Waals surface area contributed by atoms with Crippen LogP contribution in [0.2, 0.25) is 0 Å². The van der Waals surface area contributed by atoms with E-state index in [-0.39, 0.29) is 17.8 Å². The zero-order valence-electron chi connectivity index (χ0n) is 18.2. The smallest absolute Gasteiger partial charge is 0.182 e. The van der Waals surface area contributed by atoms with Crippen molar-refractivity contribution >= 4 is 33.4 Å². The Kier molecular flexibility index (Phi) is 5.22. The first-order valence-corrected chi connectivity index (χ1v) is 11.9. The number of ether oxygens (including phenoxy) is 2. The van der Waals surface area contributed by atoms with Gasteiger partial charge in [0.05, 0.1) is 24.4 Å². The second-order valence-corrected chi connectivity index (χ2v) is 9.51. The van der Waals surface area contributed by atoms with Crippen LogP contribution in [0.25, 0.3) is 26.7 Å². The van der Waals surface area contributed by atoms with E-state index in [0.29, 0.717) is 0 Å². The summed E-state index contributed by atoms with van der Waals surface area (Å²) < 4.78 is 13.7. The highest BCUT2D eigenvalue weighted by Gasteiger charge is 2.28. The van der Waals surface area contributed by atoms with Crippen LogP contribution in [0.15, 0.2) is 48.0 Å². The van der Waals surface area contributed by atoms with Crippen molar-refractivity contribution in [3.63, 3.8) is 0 Å². The summed E-state index contributed by atoms with van der Waals surface area (Å²) in [6.45, 7) is 4.02. The van der Waals surface area contributed by atoms with E-state index in [0.717, 1.165) is 69.6 Å². The van der Waals surface area contributed by atoms with Gasteiger partial charge in [-0.05, 0) is 67.8 Å². The van der Waals surface area contributed by atoms with Crippen LogP contribution in [0.5, 0.6) is 11.5 Å². The standard InChI is InChI=1S/C26H27NO3S/c1-16(2)30-23-15-19-18(13-22(23)29-3)10-11-27-21(26(28)17-7-4-5-8-17)14-20(25(19)27)24-9-6-12-31-24/h6,9-17H,4-5,7-8H2,1-3H3. The second kappa shape index (κ2) is 8.04. The number of thiophene rings is 1. The van der Waals surface area contributed by atoms with E-state index in [1.54, 1.807) is 18.4 Å². The lowest BCUT2D eigenvalue weighted by molar-refractivity contribution is 0.0917. The average molecular weight is 434 g/mol. The monoisotopic (exact) mass is 433 g/mol. The largest absolute Gasteiger partial charge is 0.493 e. The molecule has 0 spiro atoms. The fraction of sp³-hybridized carbons (Fsp3) is 0.346. The maximum absolute atomic E-state index is 13.4. The minimum absolute atomic E-state index is 0.0362. The minimum Gasteiger partial charge on any atom is -0.493 e. The summed E-state index contributed by atoms with van der Waals surface area (Å²) >= 11 is 1.70. The predicted molar refractivity (Wildman–Crippen MR) is 127 cm³/mol. The second-order valence-electron chi connectivity index (χ2n) is 8.56. The fourth-order valence-electron chi connectivity index (χ4n) is 4.74. The molecule has 0 unspecified atom stereocenters. The Bertz CT molecular complexity index is 1250. The molecule has 0 amide bonds. The molecular formula is C26H27NO3S. The normalized spacial score (nSPS) is 14.7. The maximum atomic E-state index is 13.4. The van der Waals surface area contributed by atoms with Crippen molar-refractivity contribution in [3.8, 4) is 21.9 Å². The van der Waals surface area contributed by atoms with E-state index < -0.39 is 0 Å². The molecule has 31 heavy (non-hydrogen) atoms. The van der Waals surface area contributed by atoms with Crippen molar-refractivity contribution in [1.29, 1.82) is 0 Å². The lowest BCUT2D eigenvalue weighted by Crippen LogP contribution is -2.13. The Balaban J connectivity index is 1.79. The van der Waals surface area contributed by atoms with Crippen molar-refractivity contribution in [3.05, 3.63) is 53.7 Å². The van der Waals surface area contributed by atoms with E-state index in [1.807, 2.05) is 26.1 Å². The Morgan fingerprint density at radius 3 is 2.61 bits per heavy atom. The molecule has 1 fully saturated rings. The number of nitrogens with zero attached hydrogens (tertiary/aromatic N) is 1. The van der Waals surface area contributed by atoms with E-state index in [2.05, 4.69) is 40.1 Å². The van der Waals surface area contributed by atoms with Gasteiger partial charge in [0.1, 0.15) is 0 Å². The van der Waals surface area contributed by atoms with Crippen LogP contribution in [0.4, 0.5) is 0 Å². The van der Waals surface area contributed by atoms with Crippen molar-refractivity contribution in [2.24, 2.45) is 5.92 Å². The number of methoxy groups -OCH3 is 1. The maximum Gasteiger partial charge on any atom is 0.182 e. The summed E-state index contributed by atoms with van der Waals surface area (Å²) in [6, 6.07) is 12.4. The molecule has 4 aromatic rings. The molecule has 3 heterocycles. The number of rotatable bonds is 6. The topological polar surface area (TPSA) is 39.9 Å². The molecule has 160 valence electrons. The number of pyridine rings is 1. The third-order valence-electron chi connectivity index (χ3n) is 6.16. The van der Waals surface area contributed by atoms with Crippen LogP contribution in [0.3, 0.4) is 0 Å². The average Bonchev–Trinajstić information content (AvgIpc) is 3.52. The van der Waals surface area contributed by atoms with Crippen molar-refractivity contribution in [1.82, 2.24) is 4.40 Å². The molecule has 1 saturated carbocycles. The first kappa shape index (κ1) is 20.1. The minimum atomic E-state index is 0.0362. The zero-order valence-corrected chi connectivity index (χ0v) is 19.0. The Labute approximate surface area is 186 Å². The number of aromatic nitrogens is 1. The first-order chi connectivity index (χ1) is 15.1. The lowest BCUT2D eigenvalue weighted by Gasteiger charge is -2.16. The van der Waals surface area contributed by atoms with Gasteiger partial charge in [0.15, 0.2) is 17.3 Å². The molecule has 1 aliphatic rings. The zero-order chi connectivity index (χ0) is 21.5. The Morgan fingerprint density at radius 2 is 1.94 bits per heavy atom. The number of ketones is 1. The molecule has 0 N–H and O–H groups in total. The molecule has 5 heteroatoms. The van der Waals surface area contributed by atoms with E-state index >= 15 is 0 Å². The molecule has 1 aromatic carbocycles. The van der Waals surface area contributed by atoms with Crippen molar-refractivity contribution in [2.75, 3.05) is 7.11 Å². The van der Waals surface area contributed by atoms with Crippen LogP contribution >= 0.6 is 11.3 Å². The number of carbonyl (C=O) groups excluding carboxylic acids is 1. The first-order valence-electron chi connectivity index (χ1n) is 11.0. The van der Waals surface area contributed by atoms with Crippen LogP contribution in [0, 0.1) is 5.92 Å². The van der Waals surface area contributed by atoms with Gasteiger partial charge in [-0.25, -0.2) is 0 Å². The highest BCUT2D eigenvalue weighted by atomic mass is 32.1. The predicted octanol–water partition coefficient (Wildman–Crippen LogP) is 6.99. The van der Waals surface area contributed by atoms with Gasteiger partial charge in [-0.15, -0.1) is 11.3 Å². The summed E-state index contributed by atoms with van der Waals surface area (Å²) in [7, 11) is 1.67. The Hall–Kier alpha value is -2.79. The highest BCUT2D eigenvalue weighted by molar-refractivity contribution is 7.13. The fourth-order valence-corrected chi connectivity index (χ4v) is 5.48. The summed E-state index contributed by atoms with van der Waals surface area (Å²) in [5, 5.41) is 4.21. The summed E-state index contributed by atoms with van der Waals surface area (Å²) in [5.74, 6) is 1.85. The third kappa shape index (κ3) is 3.51. The molecule has 0 atom stereocenters. The molecule has 5 rings (SSSR count). The molecule has 3 aromatic heterocycles. The lowest BCUT2D eigenvalue weighted by atomic mass is 10.00. The number of hydrogen-bond acceptors (Lipinski definition) is 4. The Morgan fingerprint density at radius 1 is 1.13 bits per heavy atom. The SMILES string of the molecule is COc1cc2ccn3c(C(=O)C4CCCC4)cc(-c4cccs4)c3c2cc1OC(C)C. The van der Waals surface area contributed by atoms with Gasteiger partial charge in [-0.3, -0.25) is 4.79 Å². The number of hydrogen-bond donors (Lipinski definition) is 0. The molecule has 1 aliphatic carbocycles. The van der Waals surface area contributed by atoms with E-state index in [1.165, 1.54) is 0 Å². The van der Waals surface area contributed by atoms with Crippen LogP contribution in [-0.2, 0) is 0 Å². The number of fused-ring (bicyclic) bond motifs is 3. The molecule has 0 bridgehead atoms. The van der Waals surface area contributed by atoms with Gasteiger partial charge in [-0.1, -0.05) is 18.9 Å². The quantitative estimate of drug-likeness (QED) is 0.308. The van der Waals surface area contributed by atoms with Crippen molar-refractivity contribution in [2.45, 2.75) is 45.6 Å². The molecule has 0 saturated heterocycles. The molecule has 0 radical (unpaired) electrons. The highest BCUT2D eigenvalue weighted by Crippen LogP contribution is 2.41.